The van der Waals surface area contributed by atoms with Crippen molar-refractivity contribution in [1.82, 2.24) is 9.97 Å². The number of amidine groups is 1. The van der Waals surface area contributed by atoms with Crippen LogP contribution in [0.5, 0.6) is 0 Å². The van der Waals surface area contributed by atoms with Gasteiger partial charge in [-0.05, 0) is 51.0 Å². The van der Waals surface area contributed by atoms with Crippen LogP contribution in [0.4, 0.5) is 4.39 Å². The average molecular weight is 495 g/mol. The van der Waals surface area contributed by atoms with Crippen molar-refractivity contribution >= 4 is 21.5 Å². The van der Waals surface area contributed by atoms with Gasteiger partial charge in [-0.1, -0.05) is 35.9 Å². The van der Waals surface area contributed by atoms with Crippen LogP contribution in [0.25, 0.3) is 0 Å². The molecule has 35 heavy (non-hydrogen) atoms. The highest BCUT2D eigenvalue weighted by Crippen LogP contribution is 2.42. The molecule has 7 nitrogen and oxygen atoms in total. The summed E-state index contributed by atoms with van der Waals surface area (Å²) < 4.78 is 40.7. The first-order valence-electron chi connectivity index (χ1n) is 11.1. The Hall–Kier alpha value is -3.46. The lowest BCUT2D eigenvalue weighted by Gasteiger charge is -2.40. The van der Waals surface area contributed by atoms with Crippen molar-refractivity contribution in [2.75, 3.05) is 5.75 Å². The summed E-state index contributed by atoms with van der Waals surface area (Å²) in [5.74, 6) is -1.45. The summed E-state index contributed by atoms with van der Waals surface area (Å²) in [7, 11) is -3.90. The van der Waals surface area contributed by atoms with Gasteiger partial charge >= 0.3 is 0 Å². The lowest BCUT2D eigenvalue weighted by molar-refractivity contribution is 0.0987. The maximum Gasteiger partial charge on any atom is 0.187 e. The third kappa shape index (κ3) is 4.36. The second kappa shape index (κ2) is 8.64. The quantitative estimate of drug-likeness (QED) is 0.542. The molecule has 1 aromatic heterocycles. The summed E-state index contributed by atoms with van der Waals surface area (Å²) in [6.07, 6.45) is 2.85. The summed E-state index contributed by atoms with van der Waals surface area (Å²) >= 11 is 0. The van der Waals surface area contributed by atoms with Crippen LogP contribution in [0, 0.1) is 19.7 Å². The largest absolute Gasteiger partial charge is 0.386 e. The molecular weight excluding hydrogens is 467 g/mol. The molecule has 2 aromatic carbocycles. The van der Waals surface area contributed by atoms with Gasteiger partial charge in [0.2, 0.25) is 0 Å². The summed E-state index contributed by atoms with van der Waals surface area (Å²) in [5, 5.41) is 0. The van der Waals surface area contributed by atoms with Crippen LogP contribution in [0.1, 0.15) is 52.3 Å². The predicted octanol–water partition coefficient (Wildman–Crippen LogP) is 3.57. The molecule has 0 saturated carbocycles. The maximum absolute atomic E-state index is 15.0. The molecular formula is C26H27FN4O3S. The Labute approximate surface area is 204 Å². The Bertz CT molecular complexity index is 1440. The highest BCUT2D eigenvalue weighted by Gasteiger charge is 2.53. The molecule has 0 bridgehead atoms. The first kappa shape index (κ1) is 24.7. The standard InChI is InChI=1S/C26H27FN4O3S/c1-16-5-8-19(9-6-16)26(4)24(28)31-25(3,15-35(26,33)34)20-11-18(7-10-21(20)27)12-23(32)22-14-29-17(2)13-30-22/h5-11,13-14H,12,15H2,1-4H3,(H2,28,31)/t25-,26-/m0/s1. The Balaban J connectivity index is 1.73. The Morgan fingerprint density at radius 2 is 1.74 bits per heavy atom. The monoisotopic (exact) mass is 494 g/mol. The van der Waals surface area contributed by atoms with Gasteiger partial charge in [0.1, 0.15) is 22.9 Å². The first-order chi connectivity index (χ1) is 16.4. The number of nitrogens with zero attached hydrogens (tertiary/aromatic N) is 3. The number of ketones is 1. The van der Waals surface area contributed by atoms with Crippen LogP contribution in [0.2, 0.25) is 0 Å². The number of nitrogens with two attached hydrogens (primary N) is 1. The van der Waals surface area contributed by atoms with Crippen molar-refractivity contribution < 1.29 is 17.6 Å². The number of halogens is 1. The molecule has 0 saturated heterocycles. The number of benzene rings is 2. The number of sulfone groups is 1. The normalized spacial score (nSPS) is 23.5. The van der Waals surface area contributed by atoms with E-state index in [2.05, 4.69) is 15.0 Å². The Morgan fingerprint density at radius 3 is 2.34 bits per heavy atom. The van der Waals surface area contributed by atoms with E-state index < -0.39 is 31.7 Å². The molecule has 1 aliphatic heterocycles. The number of aryl methyl sites for hydroxylation is 2. The highest BCUT2D eigenvalue weighted by atomic mass is 32.2. The van der Waals surface area contributed by atoms with Crippen molar-refractivity contribution in [3.8, 4) is 0 Å². The topological polar surface area (TPSA) is 115 Å². The van der Waals surface area contributed by atoms with Crippen molar-refractivity contribution in [2.45, 2.75) is 44.4 Å². The molecule has 0 aliphatic carbocycles. The predicted molar refractivity (Wildman–Crippen MR) is 132 cm³/mol. The molecule has 1 aliphatic rings. The Morgan fingerprint density at radius 1 is 1.06 bits per heavy atom. The van der Waals surface area contributed by atoms with E-state index in [1.807, 2.05) is 19.1 Å². The number of hydrogen-bond acceptors (Lipinski definition) is 7. The van der Waals surface area contributed by atoms with E-state index in [0.29, 0.717) is 16.8 Å². The molecule has 2 N–H and O–H groups in total. The first-order valence-corrected chi connectivity index (χ1v) is 12.8. The van der Waals surface area contributed by atoms with Gasteiger partial charge < -0.3 is 5.73 Å². The minimum absolute atomic E-state index is 0.0475. The second-order valence-corrected chi connectivity index (χ2v) is 11.7. The van der Waals surface area contributed by atoms with Gasteiger partial charge in [-0.3, -0.25) is 14.8 Å². The summed E-state index contributed by atoms with van der Waals surface area (Å²) in [6, 6.07) is 11.3. The number of aliphatic imine (C=N–C) groups is 1. The van der Waals surface area contributed by atoms with E-state index in [-0.39, 0.29) is 29.3 Å². The Kier molecular flexibility index (Phi) is 6.09. The molecule has 2 atom stereocenters. The molecule has 182 valence electrons. The molecule has 2 heterocycles. The van der Waals surface area contributed by atoms with Crippen LogP contribution in [-0.2, 0) is 26.5 Å². The summed E-state index contributed by atoms with van der Waals surface area (Å²) in [4.78, 5) is 25.4. The smallest absolute Gasteiger partial charge is 0.187 e. The van der Waals surface area contributed by atoms with Gasteiger partial charge in [0.05, 0.1) is 17.6 Å². The maximum atomic E-state index is 15.0. The van der Waals surface area contributed by atoms with Gasteiger partial charge in [0, 0.05) is 18.2 Å². The van der Waals surface area contributed by atoms with E-state index in [0.717, 1.165) is 5.56 Å². The second-order valence-electron chi connectivity index (χ2n) is 9.39. The number of Topliss-reactive ketones (excluding diaryl/α,β-unsaturated/α-hetero) is 1. The van der Waals surface area contributed by atoms with Crippen molar-refractivity contribution in [1.29, 1.82) is 0 Å². The van der Waals surface area contributed by atoms with Crippen molar-refractivity contribution in [2.24, 2.45) is 10.7 Å². The number of hydrogen-bond donors (Lipinski definition) is 1. The lowest BCUT2D eigenvalue weighted by atomic mass is 9.90. The number of aromatic nitrogens is 2. The van der Waals surface area contributed by atoms with Gasteiger partial charge in [0.15, 0.2) is 20.4 Å². The molecule has 0 radical (unpaired) electrons. The fourth-order valence-corrected chi connectivity index (χ4v) is 6.43. The third-order valence-electron chi connectivity index (χ3n) is 6.59. The molecule has 0 unspecified atom stereocenters. The van der Waals surface area contributed by atoms with Crippen LogP contribution in [-0.4, -0.2) is 35.8 Å². The zero-order valence-corrected chi connectivity index (χ0v) is 20.9. The third-order valence-corrected chi connectivity index (χ3v) is 9.22. The van der Waals surface area contributed by atoms with Crippen LogP contribution in [0.3, 0.4) is 0 Å². The fourth-order valence-electron chi connectivity index (χ4n) is 4.32. The molecule has 3 aromatic rings. The SMILES string of the molecule is Cc1ccc([C@@]2(C)C(N)=N[C@](C)(c3cc(CC(=O)c4cnc(C)cn4)ccc3F)CS2(=O)=O)cc1. The van der Waals surface area contributed by atoms with Crippen LogP contribution in [0.15, 0.2) is 59.9 Å². The van der Waals surface area contributed by atoms with Crippen LogP contribution < -0.4 is 5.73 Å². The van der Waals surface area contributed by atoms with E-state index in [4.69, 9.17) is 5.73 Å². The van der Waals surface area contributed by atoms with E-state index in [9.17, 15) is 13.2 Å². The molecule has 0 spiro atoms. The average Bonchev–Trinajstić information content (AvgIpc) is 2.79. The molecule has 4 rings (SSSR count). The molecule has 0 fully saturated rings. The molecule has 9 heteroatoms. The van der Waals surface area contributed by atoms with Crippen molar-refractivity contribution in [3.63, 3.8) is 0 Å². The van der Waals surface area contributed by atoms with Crippen LogP contribution >= 0.6 is 0 Å². The summed E-state index contributed by atoms with van der Waals surface area (Å²) in [5.41, 5.74) is 7.79. The van der Waals surface area contributed by atoms with Gasteiger partial charge in [0.25, 0.3) is 0 Å². The van der Waals surface area contributed by atoms with Gasteiger partial charge in [-0.25, -0.2) is 17.8 Å². The zero-order chi connectivity index (χ0) is 25.6. The minimum Gasteiger partial charge on any atom is -0.386 e. The summed E-state index contributed by atoms with van der Waals surface area (Å²) in [6.45, 7) is 6.74. The minimum atomic E-state index is -3.90. The highest BCUT2D eigenvalue weighted by molar-refractivity contribution is 7.93. The van der Waals surface area contributed by atoms with Gasteiger partial charge in [-0.15, -0.1) is 0 Å². The lowest BCUT2D eigenvalue weighted by Crippen LogP contribution is -2.54. The number of carbonyl (C=O) groups is 1. The van der Waals surface area contributed by atoms with E-state index in [1.165, 1.54) is 37.5 Å². The number of carbonyl (C=O) groups excluding carboxylic acids is 1. The zero-order valence-electron chi connectivity index (χ0n) is 20.0. The van der Waals surface area contributed by atoms with Gasteiger partial charge in [-0.2, -0.15) is 0 Å². The number of rotatable bonds is 5. The molecule has 0 amide bonds. The fraction of sp³-hybridized carbons (Fsp3) is 0.308. The van der Waals surface area contributed by atoms with E-state index in [1.54, 1.807) is 26.0 Å². The van der Waals surface area contributed by atoms with Crippen molar-refractivity contribution in [3.05, 3.63) is 94.3 Å². The van der Waals surface area contributed by atoms with E-state index >= 15 is 4.39 Å².